The van der Waals surface area contributed by atoms with Crippen molar-refractivity contribution in [2.45, 2.75) is 45.4 Å². The molecule has 0 N–H and O–H groups in total. The maximum absolute atomic E-state index is 15.1. The van der Waals surface area contributed by atoms with Gasteiger partial charge in [-0.15, -0.1) is 0 Å². The molecule has 0 heterocycles. The van der Waals surface area contributed by atoms with Crippen LogP contribution >= 0.6 is 0 Å². The number of unbranched alkanes of at least 4 members (excludes halogenated alkanes) is 1. The highest BCUT2D eigenvalue weighted by atomic mass is 19.1. The first-order valence-electron chi connectivity index (χ1n) is 12.0. The van der Waals surface area contributed by atoms with Crippen LogP contribution in [0, 0.1) is 23.3 Å². The summed E-state index contributed by atoms with van der Waals surface area (Å²) in [7, 11) is 0. The lowest BCUT2D eigenvalue weighted by Crippen LogP contribution is -2.03. The van der Waals surface area contributed by atoms with E-state index in [1.165, 1.54) is 24.3 Å². The van der Waals surface area contributed by atoms with Gasteiger partial charge in [0.2, 0.25) is 0 Å². The maximum atomic E-state index is 15.1. The minimum absolute atomic E-state index is 0.0234. The van der Waals surface area contributed by atoms with Gasteiger partial charge in [0.25, 0.3) is 0 Å². The summed E-state index contributed by atoms with van der Waals surface area (Å²) in [5.41, 5.74) is 2.44. The minimum Gasteiger partial charge on any atom is -0.493 e. The fraction of sp³-hybridized carbons (Fsp3) is 0.267. The summed E-state index contributed by atoms with van der Waals surface area (Å²) in [4.78, 5) is 0. The second-order valence-corrected chi connectivity index (χ2v) is 8.79. The Balaban J connectivity index is 1.43. The lowest BCUT2D eigenvalue weighted by molar-refractivity contribution is 0.305. The Hall–Kier alpha value is -3.34. The Bertz CT molecular complexity index is 1270. The maximum Gasteiger partial charge on any atom is 0.134 e. The molecular formula is C30H28F4O. The van der Waals surface area contributed by atoms with E-state index in [-0.39, 0.29) is 29.4 Å². The van der Waals surface area contributed by atoms with Gasteiger partial charge >= 0.3 is 0 Å². The van der Waals surface area contributed by atoms with Gasteiger partial charge in [-0.3, -0.25) is 0 Å². The Labute approximate surface area is 203 Å². The van der Waals surface area contributed by atoms with E-state index in [0.29, 0.717) is 36.8 Å². The minimum atomic E-state index is -0.617. The molecule has 4 aromatic rings. The summed E-state index contributed by atoms with van der Waals surface area (Å²) in [5, 5.41) is 1.25. The van der Waals surface area contributed by atoms with Gasteiger partial charge in [0.1, 0.15) is 29.0 Å². The largest absolute Gasteiger partial charge is 0.493 e. The number of ether oxygens (including phenoxy) is 1. The topological polar surface area (TPSA) is 9.23 Å². The number of fused-ring (bicyclic) bond motifs is 1. The molecule has 5 heteroatoms. The molecule has 0 atom stereocenters. The van der Waals surface area contributed by atoms with Gasteiger partial charge < -0.3 is 4.74 Å². The van der Waals surface area contributed by atoms with Gasteiger partial charge in [0, 0.05) is 23.1 Å². The van der Waals surface area contributed by atoms with Gasteiger partial charge in [0.15, 0.2) is 0 Å². The van der Waals surface area contributed by atoms with Crippen molar-refractivity contribution >= 4 is 10.8 Å². The Morgan fingerprint density at radius 3 is 2.09 bits per heavy atom. The summed E-state index contributed by atoms with van der Waals surface area (Å²) in [5.74, 6) is -1.59. The van der Waals surface area contributed by atoms with Crippen molar-refractivity contribution < 1.29 is 22.3 Å². The van der Waals surface area contributed by atoms with Crippen LogP contribution in [0.5, 0.6) is 5.75 Å². The van der Waals surface area contributed by atoms with E-state index in [2.05, 4.69) is 0 Å². The molecule has 0 fully saturated rings. The van der Waals surface area contributed by atoms with Crippen LogP contribution in [-0.2, 0) is 25.7 Å². The van der Waals surface area contributed by atoms with Crippen molar-refractivity contribution in [2.24, 2.45) is 0 Å². The highest BCUT2D eigenvalue weighted by Crippen LogP contribution is 2.26. The van der Waals surface area contributed by atoms with E-state index in [9.17, 15) is 13.2 Å². The van der Waals surface area contributed by atoms with E-state index < -0.39 is 11.6 Å². The molecule has 0 saturated carbocycles. The average molecular weight is 481 g/mol. The van der Waals surface area contributed by atoms with Crippen molar-refractivity contribution in [3.8, 4) is 5.75 Å². The molecule has 0 unspecified atom stereocenters. The van der Waals surface area contributed by atoms with Gasteiger partial charge in [-0.25, -0.2) is 17.6 Å². The Morgan fingerprint density at radius 1 is 0.686 bits per heavy atom. The molecular weight excluding hydrogens is 452 g/mol. The van der Waals surface area contributed by atoms with E-state index >= 15 is 4.39 Å². The molecule has 0 radical (unpaired) electrons. The molecule has 0 aromatic heterocycles. The normalized spacial score (nSPS) is 11.2. The molecule has 1 nitrogen and oxygen atoms in total. The molecule has 0 aliphatic carbocycles. The molecule has 0 aliphatic heterocycles. The molecule has 0 saturated heterocycles. The number of hydrogen-bond donors (Lipinski definition) is 0. The van der Waals surface area contributed by atoms with Crippen LogP contribution in [-0.4, -0.2) is 6.61 Å². The molecule has 0 spiro atoms. The third kappa shape index (κ3) is 6.21. The lowest BCUT2D eigenvalue weighted by Gasteiger charge is -2.11. The Morgan fingerprint density at radius 2 is 1.37 bits per heavy atom. The zero-order chi connectivity index (χ0) is 24.8. The molecule has 0 aliphatic rings. The van der Waals surface area contributed by atoms with Crippen molar-refractivity contribution in [1.29, 1.82) is 0 Å². The third-order valence-corrected chi connectivity index (χ3v) is 6.24. The second kappa shape index (κ2) is 11.4. The van der Waals surface area contributed by atoms with Crippen LogP contribution < -0.4 is 4.74 Å². The molecule has 182 valence electrons. The summed E-state index contributed by atoms with van der Waals surface area (Å²) in [6.07, 6.45) is 3.50. The smallest absolute Gasteiger partial charge is 0.134 e. The van der Waals surface area contributed by atoms with Crippen LogP contribution in [0.3, 0.4) is 0 Å². The highest BCUT2D eigenvalue weighted by Gasteiger charge is 2.13. The molecule has 35 heavy (non-hydrogen) atoms. The zero-order valence-electron chi connectivity index (χ0n) is 19.7. The monoisotopic (exact) mass is 480 g/mol. The van der Waals surface area contributed by atoms with Crippen molar-refractivity contribution in [1.82, 2.24) is 0 Å². The summed E-state index contributed by atoms with van der Waals surface area (Å²) in [6.45, 7) is 2.44. The third-order valence-electron chi connectivity index (χ3n) is 6.24. The SMILES string of the molecule is CCCCOc1cc(F)c(CCc2ccc3c(F)c(CCc4ccc(F)cc4)ccc3c2)c(F)c1. The van der Waals surface area contributed by atoms with Gasteiger partial charge in [-0.05, 0) is 66.3 Å². The van der Waals surface area contributed by atoms with E-state index in [1.807, 2.05) is 19.1 Å². The van der Waals surface area contributed by atoms with E-state index in [0.717, 1.165) is 29.4 Å². The van der Waals surface area contributed by atoms with Crippen LogP contribution in [0.25, 0.3) is 10.8 Å². The second-order valence-electron chi connectivity index (χ2n) is 8.79. The first-order valence-corrected chi connectivity index (χ1v) is 12.0. The predicted molar refractivity (Wildman–Crippen MR) is 132 cm³/mol. The van der Waals surface area contributed by atoms with Crippen molar-refractivity contribution in [3.05, 3.63) is 112 Å². The fourth-order valence-corrected chi connectivity index (χ4v) is 4.17. The van der Waals surface area contributed by atoms with E-state index in [4.69, 9.17) is 4.74 Å². The highest BCUT2D eigenvalue weighted by molar-refractivity contribution is 5.84. The van der Waals surface area contributed by atoms with E-state index in [1.54, 1.807) is 30.3 Å². The Kier molecular flexibility index (Phi) is 8.06. The van der Waals surface area contributed by atoms with Crippen molar-refractivity contribution in [3.63, 3.8) is 0 Å². The number of aryl methyl sites for hydroxylation is 3. The van der Waals surface area contributed by atoms with Crippen molar-refractivity contribution in [2.75, 3.05) is 6.61 Å². The number of hydrogen-bond acceptors (Lipinski definition) is 1. The first kappa shape index (κ1) is 24.8. The lowest BCUT2D eigenvalue weighted by atomic mass is 9.97. The van der Waals surface area contributed by atoms with Crippen LogP contribution in [0.4, 0.5) is 17.6 Å². The summed E-state index contributed by atoms with van der Waals surface area (Å²) < 4.78 is 62.6. The van der Waals surface area contributed by atoms with Gasteiger partial charge in [0.05, 0.1) is 6.61 Å². The first-order chi connectivity index (χ1) is 16.9. The quantitative estimate of drug-likeness (QED) is 0.164. The fourth-order valence-electron chi connectivity index (χ4n) is 4.17. The number of benzene rings is 4. The zero-order valence-corrected chi connectivity index (χ0v) is 19.7. The summed E-state index contributed by atoms with van der Waals surface area (Å²) >= 11 is 0. The molecule has 4 rings (SSSR count). The summed E-state index contributed by atoms with van der Waals surface area (Å²) in [6, 6.07) is 17.7. The van der Waals surface area contributed by atoms with Crippen LogP contribution in [0.15, 0.2) is 66.7 Å². The predicted octanol–water partition coefficient (Wildman–Crippen LogP) is 8.15. The molecule has 4 aromatic carbocycles. The van der Waals surface area contributed by atoms with Gasteiger partial charge in [-0.2, -0.15) is 0 Å². The average Bonchev–Trinajstić information content (AvgIpc) is 2.84. The number of halogens is 4. The molecule has 0 amide bonds. The number of rotatable bonds is 10. The standard InChI is InChI=1S/C30H28F4O/c1-2-3-16-35-25-18-28(32)27(29(33)19-25)15-8-21-7-14-26-23(17-21)11-10-22(30(26)34)9-4-20-5-12-24(31)13-6-20/h5-7,10-14,17-19H,2-4,8-9,15-16H2,1H3. The molecule has 0 bridgehead atoms. The van der Waals surface area contributed by atoms with Gasteiger partial charge in [-0.1, -0.05) is 55.8 Å². The van der Waals surface area contributed by atoms with Crippen LogP contribution in [0.2, 0.25) is 0 Å². The van der Waals surface area contributed by atoms with Crippen LogP contribution in [0.1, 0.15) is 42.0 Å².